The van der Waals surface area contributed by atoms with Gasteiger partial charge in [-0.1, -0.05) is 30.3 Å². The van der Waals surface area contributed by atoms with Gasteiger partial charge in [-0.15, -0.1) is 0 Å². The predicted octanol–water partition coefficient (Wildman–Crippen LogP) is 1.39. The lowest BCUT2D eigenvalue weighted by Crippen LogP contribution is -2.42. The molecule has 1 aliphatic heterocycles. The van der Waals surface area contributed by atoms with Gasteiger partial charge in [-0.25, -0.2) is 4.79 Å². The summed E-state index contributed by atoms with van der Waals surface area (Å²) in [4.78, 5) is 11.5. The van der Waals surface area contributed by atoms with Crippen LogP contribution in [0.5, 0.6) is 0 Å². The van der Waals surface area contributed by atoms with Crippen molar-refractivity contribution < 1.29 is 14.6 Å². The number of amides is 1. The largest absolute Gasteiger partial charge is 0.445 e. The highest BCUT2D eigenvalue weighted by molar-refractivity contribution is 7.99. The van der Waals surface area contributed by atoms with Crippen LogP contribution in [0.3, 0.4) is 0 Å². The zero-order chi connectivity index (χ0) is 12.1. The summed E-state index contributed by atoms with van der Waals surface area (Å²) in [6, 6.07) is 9.31. The molecule has 0 radical (unpaired) electrons. The standard InChI is InChI=1S/C12H15NO3S/c14-11-8-17-7-10(11)13-12(15)16-6-9-4-2-1-3-5-9/h1-5,10-11,14H,6-8H2,(H,13,15)/t10-,11+/m1/s1. The molecule has 0 unspecified atom stereocenters. The van der Waals surface area contributed by atoms with Crippen molar-refractivity contribution in [2.45, 2.75) is 18.8 Å². The third-order valence-electron chi connectivity index (χ3n) is 2.57. The summed E-state index contributed by atoms with van der Waals surface area (Å²) in [5.41, 5.74) is 0.948. The number of benzene rings is 1. The Bertz CT molecular complexity index is 371. The van der Waals surface area contributed by atoms with Crippen molar-refractivity contribution in [2.75, 3.05) is 11.5 Å². The Labute approximate surface area is 104 Å². The van der Waals surface area contributed by atoms with Crippen LogP contribution in [0.15, 0.2) is 30.3 Å². The zero-order valence-corrected chi connectivity index (χ0v) is 10.2. The average molecular weight is 253 g/mol. The number of ether oxygens (including phenoxy) is 1. The fourth-order valence-corrected chi connectivity index (χ4v) is 2.77. The Balaban J connectivity index is 1.74. The summed E-state index contributed by atoms with van der Waals surface area (Å²) < 4.78 is 5.07. The summed E-state index contributed by atoms with van der Waals surface area (Å²) in [5, 5.41) is 12.2. The summed E-state index contributed by atoms with van der Waals surface area (Å²) in [6.45, 7) is 0.253. The highest BCUT2D eigenvalue weighted by Gasteiger charge is 2.27. The molecule has 2 N–H and O–H groups in total. The molecule has 4 nitrogen and oxygen atoms in total. The van der Waals surface area contributed by atoms with Gasteiger partial charge in [0, 0.05) is 11.5 Å². The van der Waals surface area contributed by atoms with Crippen molar-refractivity contribution in [1.82, 2.24) is 5.32 Å². The number of carbonyl (C=O) groups is 1. The van der Waals surface area contributed by atoms with Gasteiger partial charge in [-0.05, 0) is 5.56 Å². The van der Waals surface area contributed by atoms with Gasteiger partial charge in [-0.2, -0.15) is 11.8 Å². The molecule has 1 aliphatic rings. The highest BCUT2D eigenvalue weighted by Crippen LogP contribution is 2.18. The first-order valence-corrected chi connectivity index (χ1v) is 6.64. The van der Waals surface area contributed by atoms with Crippen LogP contribution in [0.4, 0.5) is 4.79 Å². The van der Waals surface area contributed by atoms with Crippen molar-refractivity contribution in [3.05, 3.63) is 35.9 Å². The zero-order valence-electron chi connectivity index (χ0n) is 9.33. The highest BCUT2D eigenvalue weighted by atomic mass is 32.2. The van der Waals surface area contributed by atoms with E-state index in [-0.39, 0.29) is 12.6 Å². The van der Waals surface area contributed by atoms with Crippen LogP contribution in [0.2, 0.25) is 0 Å². The van der Waals surface area contributed by atoms with Gasteiger partial charge < -0.3 is 15.2 Å². The Morgan fingerprint density at radius 3 is 2.82 bits per heavy atom. The molecule has 92 valence electrons. The van der Waals surface area contributed by atoms with Crippen LogP contribution in [-0.2, 0) is 11.3 Å². The van der Waals surface area contributed by atoms with E-state index in [4.69, 9.17) is 4.74 Å². The Morgan fingerprint density at radius 1 is 1.41 bits per heavy atom. The number of thioether (sulfide) groups is 1. The van der Waals surface area contributed by atoms with E-state index in [2.05, 4.69) is 5.32 Å². The van der Waals surface area contributed by atoms with Gasteiger partial charge in [-0.3, -0.25) is 0 Å². The van der Waals surface area contributed by atoms with E-state index < -0.39 is 12.2 Å². The van der Waals surface area contributed by atoms with Crippen LogP contribution in [0.25, 0.3) is 0 Å². The van der Waals surface area contributed by atoms with Crippen LogP contribution in [0, 0.1) is 0 Å². The van der Waals surface area contributed by atoms with Gasteiger partial charge in [0.2, 0.25) is 0 Å². The SMILES string of the molecule is O=C(N[C@@H]1CSC[C@@H]1O)OCc1ccccc1. The van der Waals surface area contributed by atoms with Crippen molar-refractivity contribution in [1.29, 1.82) is 0 Å². The van der Waals surface area contributed by atoms with Crippen LogP contribution >= 0.6 is 11.8 Å². The average Bonchev–Trinajstić information content (AvgIpc) is 2.74. The van der Waals surface area contributed by atoms with Gasteiger partial charge >= 0.3 is 6.09 Å². The molecular formula is C12H15NO3S. The quantitative estimate of drug-likeness (QED) is 0.854. The molecule has 1 amide bonds. The topological polar surface area (TPSA) is 58.6 Å². The minimum absolute atomic E-state index is 0.191. The minimum Gasteiger partial charge on any atom is -0.445 e. The first-order valence-electron chi connectivity index (χ1n) is 5.49. The number of rotatable bonds is 3. The van der Waals surface area contributed by atoms with E-state index in [0.29, 0.717) is 5.75 Å². The van der Waals surface area contributed by atoms with E-state index in [9.17, 15) is 9.90 Å². The first kappa shape index (κ1) is 12.3. The number of hydrogen-bond acceptors (Lipinski definition) is 4. The molecule has 5 heteroatoms. The van der Waals surface area contributed by atoms with Gasteiger partial charge in [0.05, 0.1) is 12.1 Å². The lowest BCUT2D eigenvalue weighted by molar-refractivity contribution is 0.118. The molecule has 1 aromatic rings. The van der Waals surface area contributed by atoms with Crippen molar-refractivity contribution in [2.24, 2.45) is 0 Å². The maximum Gasteiger partial charge on any atom is 0.407 e. The van der Waals surface area contributed by atoms with Gasteiger partial charge in [0.15, 0.2) is 0 Å². The first-order chi connectivity index (χ1) is 8.25. The third-order valence-corrected chi connectivity index (χ3v) is 3.74. The van der Waals surface area contributed by atoms with Crippen LogP contribution in [0.1, 0.15) is 5.56 Å². The molecular weight excluding hydrogens is 238 g/mol. The predicted molar refractivity (Wildman–Crippen MR) is 66.9 cm³/mol. The van der Waals surface area contributed by atoms with Gasteiger partial charge in [0.1, 0.15) is 6.61 Å². The maximum atomic E-state index is 11.5. The Morgan fingerprint density at radius 2 is 2.18 bits per heavy atom. The van der Waals surface area contributed by atoms with E-state index in [1.165, 1.54) is 0 Å². The lowest BCUT2D eigenvalue weighted by Gasteiger charge is -2.15. The Hall–Kier alpha value is -1.20. The molecule has 0 aliphatic carbocycles. The van der Waals surface area contributed by atoms with E-state index in [0.717, 1.165) is 11.3 Å². The van der Waals surface area contributed by atoms with Crippen molar-refractivity contribution in [3.8, 4) is 0 Å². The monoisotopic (exact) mass is 253 g/mol. The fraction of sp³-hybridized carbons (Fsp3) is 0.417. The number of aliphatic hydroxyl groups excluding tert-OH is 1. The second-order valence-corrected chi connectivity index (χ2v) is 4.99. The Kier molecular flexibility index (Phi) is 4.28. The number of nitrogens with one attached hydrogen (secondary N) is 1. The van der Waals surface area contributed by atoms with E-state index >= 15 is 0 Å². The molecule has 1 saturated heterocycles. The fourth-order valence-electron chi connectivity index (χ4n) is 1.60. The smallest absolute Gasteiger partial charge is 0.407 e. The molecule has 0 bridgehead atoms. The molecule has 2 atom stereocenters. The van der Waals surface area contributed by atoms with Gasteiger partial charge in [0.25, 0.3) is 0 Å². The summed E-state index contributed by atoms with van der Waals surface area (Å²) >= 11 is 1.63. The van der Waals surface area contributed by atoms with Crippen molar-refractivity contribution >= 4 is 17.9 Å². The van der Waals surface area contributed by atoms with Crippen molar-refractivity contribution in [3.63, 3.8) is 0 Å². The molecule has 0 saturated carbocycles. The normalized spacial score (nSPS) is 23.4. The maximum absolute atomic E-state index is 11.5. The summed E-state index contributed by atoms with van der Waals surface area (Å²) in [5.74, 6) is 1.41. The van der Waals surface area contributed by atoms with Crippen LogP contribution < -0.4 is 5.32 Å². The summed E-state index contributed by atoms with van der Waals surface area (Å²) in [7, 11) is 0. The number of hydrogen-bond donors (Lipinski definition) is 2. The molecule has 2 rings (SSSR count). The minimum atomic E-state index is -0.472. The molecule has 17 heavy (non-hydrogen) atoms. The molecule has 1 aromatic carbocycles. The number of aliphatic hydroxyl groups is 1. The summed E-state index contributed by atoms with van der Waals surface area (Å²) in [6.07, 6.45) is -0.940. The molecule has 0 aromatic heterocycles. The second-order valence-electron chi connectivity index (χ2n) is 3.92. The lowest BCUT2D eigenvalue weighted by atomic mass is 10.2. The molecule has 1 fully saturated rings. The number of alkyl carbamates (subject to hydrolysis) is 1. The van der Waals surface area contributed by atoms with E-state index in [1.54, 1.807) is 11.8 Å². The van der Waals surface area contributed by atoms with Crippen LogP contribution in [-0.4, -0.2) is 34.9 Å². The number of carbonyl (C=O) groups excluding carboxylic acids is 1. The molecule has 0 spiro atoms. The molecule has 1 heterocycles. The third kappa shape index (κ3) is 3.64. The second kappa shape index (κ2) is 5.93. The van der Waals surface area contributed by atoms with E-state index in [1.807, 2.05) is 30.3 Å².